The molecule has 0 spiro atoms. The van der Waals surface area contributed by atoms with Gasteiger partial charge in [0.1, 0.15) is 0 Å². The molecule has 1 aliphatic heterocycles. The molecule has 0 aliphatic carbocycles. The number of carbonyl (C=O) groups excluding carboxylic acids is 1. The van der Waals surface area contributed by atoms with Crippen LogP contribution in [-0.2, 0) is 4.74 Å². The number of anilines is 1. The van der Waals surface area contributed by atoms with E-state index in [-0.39, 0.29) is 12.1 Å². The summed E-state index contributed by atoms with van der Waals surface area (Å²) in [6, 6.07) is 7.50. The Morgan fingerprint density at radius 3 is 2.74 bits per heavy atom. The largest absolute Gasteiger partial charge is 0.462 e. The highest BCUT2D eigenvalue weighted by molar-refractivity contribution is 5.89. The predicted octanol–water partition coefficient (Wildman–Crippen LogP) is 2.21. The van der Waals surface area contributed by atoms with Crippen LogP contribution < -0.4 is 4.90 Å². The highest BCUT2D eigenvalue weighted by Crippen LogP contribution is 2.20. The minimum Gasteiger partial charge on any atom is -0.462 e. The average Bonchev–Trinajstić information content (AvgIpc) is 2.64. The van der Waals surface area contributed by atoms with Crippen LogP contribution in [0.4, 0.5) is 5.69 Å². The molecule has 1 aromatic rings. The van der Waals surface area contributed by atoms with Gasteiger partial charge in [0.05, 0.1) is 18.3 Å². The lowest BCUT2D eigenvalue weighted by Gasteiger charge is -2.22. The van der Waals surface area contributed by atoms with E-state index in [4.69, 9.17) is 4.74 Å². The third-order valence-corrected chi connectivity index (χ3v) is 3.44. The van der Waals surface area contributed by atoms with Gasteiger partial charge in [-0.1, -0.05) is 0 Å². The molecule has 0 saturated carbocycles. The van der Waals surface area contributed by atoms with E-state index in [0.717, 1.165) is 38.0 Å². The van der Waals surface area contributed by atoms with Crippen molar-refractivity contribution in [3.05, 3.63) is 29.8 Å². The van der Waals surface area contributed by atoms with Crippen molar-refractivity contribution in [3.63, 3.8) is 0 Å². The number of carbonyl (C=O) groups is 1. The Morgan fingerprint density at radius 2 is 2.05 bits per heavy atom. The van der Waals surface area contributed by atoms with E-state index < -0.39 is 0 Å². The summed E-state index contributed by atoms with van der Waals surface area (Å²) >= 11 is 0. The number of benzene rings is 1. The molecule has 4 nitrogen and oxygen atoms in total. The van der Waals surface area contributed by atoms with Gasteiger partial charge in [-0.2, -0.15) is 0 Å². The third-order valence-electron chi connectivity index (χ3n) is 3.44. The summed E-state index contributed by atoms with van der Waals surface area (Å²) in [7, 11) is 0. The lowest BCUT2D eigenvalue weighted by molar-refractivity contribution is 0.0526. The minimum absolute atomic E-state index is 0.177. The van der Waals surface area contributed by atoms with E-state index in [2.05, 4.69) is 4.90 Å². The molecule has 0 aromatic heterocycles. The van der Waals surface area contributed by atoms with Crippen LogP contribution >= 0.6 is 0 Å². The summed E-state index contributed by atoms with van der Waals surface area (Å²) in [4.78, 5) is 13.8. The van der Waals surface area contributed by atoms with Gasteiger partial charge in [-0.15, -0.1) is 0 Å². The molecule has 1 aliphatic rings. The summed E-state index contributed by atoms with van der Waals surface area (Å²) in [6.07, 6.45) is 2.50. The number of nitrogens with zero attached hydrogens (tertiary/aromatic N) is 1. The highest BCUT2D eigenvalue weighted by atomic mass is 16.5. The van der Waals surface area contributed by atoms with E-state index in [1.54, 1.807) is 19.1 Å². The number of aliphatic hydroxyl groups is 1. The average molecular weight is 263 g/mol. The van der Waals surface area contributed by atoms with Gasteiger partial charge in [0.25, 0.3) is 0 Å². The molecule has 19 heavy (non-hydrogen) atoms. The Kier molecular flexibility index (Phi) is 4.80. The molecule has 1 unspecified atom stereocenters. The van der Waals surface area contributed by atoms with Gasteiger partial charge in [-0.25, -0.2) is 4.79 Å². The normalized spacial score (nSPS) is 19.9. The van der Waals surface area contributed by atoms with Gasteiger partial charge in [-0.3, -0.25) is 0 Å². The minimum atomic E-state index is -0.277. The molecule has 0 amide bonds. The zero-order valence-corrected chi connectivity index (χ0v) is 11.3. The second-order valence-corrected chi connectivity index (χ2v) is 4.84. The van der Waals surface area contributed by atoms with Crippen molar-refractivity contribution in [3.8, 4) is 0 Å². The first-order valence-electron chi connectivity index (χ1n) is 6.91. The number of aliphatic hydroxyl groups excluding tert-OH is 1. The van der Waals surface area contributed by atoms with E-state index >= 15 is 0 Å². The van der Waals surface area contributed by atoms with Gasteiger partial charge in [-0.05, 0) is 50.5 Å². The van der Waals surface area contributed by atoms with Gasteiger partial charge in [0.15, 0.2) is 0 Å². The van der Waals surface area contributed by atoms with E-state index in [9.17, 15) is 9.90 Å². The molecule has 2 rings (SSSR count). The Bertz CT molecular complexity index is 416. The second-order valence-electron chi connectivity index (χ2n) is 4.84. The van der Waals surface area contributed by atoms with Crippen molar-refractivity contribution < 1.29 is 14.6 Å². The lowest BCUT2D eigenvalue weighted by atomic mass is 10.2. The Hall–Kier alpha value is -1.55. The number of esters is 1. The van der Waals surface area contributed by atoms with Crippen molar-refractivity contribution in [2.75, 3.05) is 24.6 Å². The number of hydrogen-bond acceptors (Lipinski definition) is 4. The van der Waals surface area contributed by atoms with Crippen LogP contribution in [0, 0.1) is 0 Å². The molecule has 0 radical (unpaired) electrons. The molecule has 104 valence electrons. The molecule has 0 bridgehead atoms. The van der Waals surface area contributed by atoms with Crippen molar-refractivity contribution in [1.82, 2.24) is 0 Å². The first-order valence-corrected chi connectivity index (χ1v) is 6.91. The van der Waals surface area contributed by atoms with Crippen LogP contribution in [0.5, 0.6) is 0 Å². The van der Waals surface area contributed by atoms with Crippen LogP contribution in [0.1, 0.15) is 36.5 Å². The summed E-state index contributed by atoms with van der Waals surface area (Å²) in [5.74, 6) is -0.277. The molecule has 4 heteroatoms. The summed E-state index contributed by atoms with van der Waals surface area (Å²) < 4.78 is 4.96. The van der Waals surface area contributed by atoms with Crippen LogP contribution in [0.25, 0.3) is 0 Å². The molecule has 1 N–H and O–H groups in total. The molecule has 1 fully saturated rings. The van der Waals surface area contributed by atoms with Crippen LogP contribution in [0.15, 0.2) is 24.3 Å². The molecule has 1 atom stereocenters. The Balaban J connectivity index is 2.03. The van der Waals surface area contributed by atoms with Crippen molar-refractivity contribution >= 4 is 11.7 Å². The van der Waals surface area contributed by atoms with E-state index in [1.807, 2.05) is 12.1 Å². The van der Waals surface area contributed by atoms with Crippen molar-refractivity contribution in [2.45, 2.75) is 32.3 Å². The fourth-order valence-electron chi connectivity index (χ4n) is 2.36. The number of hydrogen-bond donors (Lipinski definition) is 1. The summed E-state index contributed by atoms with van der Waals surface area (Å²) in [6.45, 7) is 4.01. The molecular weight excluding hydrogens is 242 g/mol. The topological polar surface area (TPSA) is 49.8 Å². The molecule has 1 aromatic carbocycles. The first kappa shape index (κ1) is 13.9. The van der Waals surface area contributed by atoms with Crippen LogP contribution in [0.3, 0.4) is 0 Å². The van der Waals surface area contributed by atoms with Gasteiger partial charge < -0.3 is 14.7 Å². The third kappa shape index (κ3) is 3.70. The molecular formula is C15H21NO3. The summed E-state index contributed by atoms with van der Waals surface area (Å²) in [5.41, 5.74) is 1.68. The molecule has 1 saturated heterocycles. The van der Waals surface area contributed by atoms with Gasteiger partial charge in [0, 0.05) is 18.8 Å². The van der Waals surface area contributed by atoms with Crippen molar-refractivity contribution in [2.24, 2.45) is 0 Å². The lowest BCUT2D eigenvalue weighted by Crippen LogP contribution is -2.24. The summed E-state index contributed by atoms with van der Waals surface area (Å²) in [5, 5.41) is 9.64. The standard InChI is InChI=1S/C15H21NO3/c1-2-19-15(18)12-5-7-13(8-6-12)16-10-3-4-14(17)9-11-16/h5-8,14,17H,2-4,9-11H2,1H3. The highest BCUT2D eigenvalue weighted by Gasteiger charge is 2.15. The zero-order chi connectivity index (χ0) is 13.7. The Morgan fingerprint density at radius 1 is 1.32 bits per heavy atom. The van der Waals surface area contributed by atoms with Crippen LogP contribution in [-0.4, -0.2) is 36.9 Å². The second kappa shape index (κ2) is 6.57. The zero-order valence-electron chi connectivity index (χ0n) is 11.3. The van der Waals surface area contributed by atoms with E-state index in [0.29, 0.717) is 12.2 Å². The first-order chi connectivity index (χ1) is 9.20. The van der Waals surface area contributed by atoms with Crippen molar-refractivity contribution in [1.29, 1.82) is 0 Å². The maximum atomic E-state index is 11.6. The van der Waals surface area contributed by atoms with Gasteiger partial charge >= 0.3 is 5.97 Å². The van der Waals surface area contributed by atoms with E-state index in [1.165, 1.54) is 0 Å². The number of rotatable bonds is 3. The maximum Gasteiger partial charge on any atom is 0.338 e. The Labute approximate surface area is 114 Å². The quantitative estimate of drug-likeness (QED) is 0.849. The molecule has 1 heterocycles. The number of ether oxygens (including phenoxy) is 1. The van der Waals surface area contributed by atoms with Crippen LogP contribution in [0.2, 0.25) is 0 Å². The van der Waals surface area contributed by atoms with Gasteiger partial charge in [0.2, 0.25) is 0 Å². The monoisotopic (exact) mass is 263 g/mol. The smallest absolute Gasteiger partial charge is 0.338 e. The maximum absolute atomic E-state index is 11.6. The predicted molar refractivity (Wildman–Crippen MR) is 74.5 cm³/mol. The SMILES string of the molecule is CCOC(=O)c1ccc(N2CCCC(O)CC2)cc1. The fourth-order valence-corrected chi connectivity index (χ4v) is 2.36. The fraction of sp³-hybridized carbons (Fsp3) is 0.533.